The lowest BCUT2D eigenvalue weighted by Gasteiger charge is -2.26. The van der Waals surface area contributed by atoms with Crippen LogP contribution in [0.3, 0.4) is 0 Å². The van der Waals surface area contributed by atoms with Gasteiger partial charge in [0.2, 0.25) is 0 Å². The maximum atomic E-state index is 13.1. The molecular weight excluding hydrogens is 394 g/mol. The van der Waals surface area contributed by atoms with Gasteiger partial charge in [0.1, 0.15) is 17.3 Å². The standard InChI is InChI=1S/C25H21NO5/c1-14-10-11-17(12-15(14)2)23(29)21-22(16-6-5-7-18(27)13-16)26(25(31)24(21)30)19-8-3-4-9-20(19)28/h3-13,22,27-29H,1-2H3/b23-21-. The lowest BCUT2D eigenvalue weighted by atomic mass is 9.94. The molecule has 6 heteroatoms. The van der Waals surface area contributed by atoms with Crippen LogP contribution in [0.4, 0.5) is 5.69 Å². The number of hydrogen-bond acceptors (Lipinski definition) is 5. The predicted octanol–water partition coefficient (Wildman–Crippen LogP) is 4.34. The predicted molar refractivity (Wildman–Crippen MR) is 117 cm³/mol. The first kappa shape index (κ1) is 20.2. The molecule has 1 fully saturated rings. The summed E-state index contributed by atoms with van der Waals surface area (Å²) in [6, 6.07) is 16.5. The highest BCUT2D eigenvalue weighted by atomic mass is 16.3. The number of aliphatic hydroxyl groups is 1. The first-order valence-electron chi connectivity index (χ1n) is 9.75. The molecule has 1 unspecified atom stereocenters. The van der Waals surface area contributed by atoms with Gasteiger partial charge in [0.15, 0.2) is 0 Å². The number of nitrogens with zero attached hydrogens (tertiary/aromatic N) is 1. The maximum absolute atomic E-state index is 13.1. The number of amides is 1. The van der Waals surface area contributed by atoms with Crippen molar-refractivity contribution < 1.29 is 24.9 Å². The van der Waals surface area contributed by atoms with Crippen molar-refractivity contribution in [3.63, 3.8) is 0 Å². The van der Waals surface area contributed by atoms with E-state index in [0.717, 1.165) is 16.0 Å². The first-order chi connectivity index (χ1) is 14.8. The Labute approximate surface area is 179 Å². The van der Waals surface area contributed by atoms with E-state index in [4.69, 9.17) is 0 Å². The number of ketones is 1. The van der Waals surface area contributed by atoms with E-state index < -0.39 is 17.7 Å². The number of hydrogen-bond donors (Lipinski definition) is 3. The summed E-state index contributed by atoms with van der Waals surface area (Å²) in [5.41, 5.74) is 2.80. The van der Waals surface area contributed by atoms with Gasteiger partial charge in [-0.3, -0.25) is 14.5 Å². The van der Waals surface area contributed by atoms with Crippen molar-refractivity contribution in [3.05, 3.63) is 94.6 Å². The summed E-state index contributed by atoms with van der Waals surface area (Å²) in [6.45, 7) is 3.82. The number of aliphatic hydroxyl groups excluding tert-OH is 1. The lowest BCUT2D eigenvalue weighted by Crippen LogP contribution is -2.29. The van der Waals surface area contributed by atoms with E-state index in [1.54, 1.807) is 36.4 Å². The van der Waals surface area contributed by atoms with Crippen LogP contribution in [0.1, 0.15) is 28.3 Å². The number of Topliss-reactive ketones (excluding diaryl/α,β-unsaturated/α-hetero) is 1. The van der Waals surface area contributed by atoms with Crippen LogP contribution in [-0.2, 0) is 9.59 Å². The molecule has 0 radical (unpaired) electrons. The van der Waals surface area contributed by atoms with Crippen molar-refractivity contribution in [1.29, 1.82) is 0 Å². The highest BCUT2D eigenvalue weighted by molar-refractivity contribution is 6.51. The molecule has 6 nitrogen and oxygen atoms in total. The van der Waals surface area contributed by atoms with Crippen LogP contribution in [0.15, 0.2) is 72.3 Å². The number of anilines is 1. The van der Waals surface area contributed by atoms with E-state index in [0.29, 0.717) is 11.1 Å². The Morgan fingerprint density at radius 2 is 1.61 bits per heavy atom. The van der Waals surface area contributed by atoms with E-state index in [9.17, 15) is 24.9 Å². The van der Waals surface area contributed by atoms with Gasteiger partial charge in [0.05, 0.1) is 17.3 Å². The van der Waals surface area contributed by atoms with Crippen molar-refractivity contribution in [1.82, 2.24) is 0 Å². The van der Waals surface area contributed by atoms with Gasteiger partial charge in [0, 0.05) is 5.56 Å². The zero-order valence-corrected chi connectivity index (χ0v) is 17.0. The molecule has 0 bridgehead atoms. The van der Waals surface area contributed by atoms with Gasteiger partial charge < -0.3 is 15.3 Å². The van der Waals surface area contributed by atoms with Gasteiger partial charge in [-0.15, -0.1) is 0 Å². The van der Waals surface area contributed by atoms with Gasteiger partial charge >= 0.3 is 0 Å². The topological polar surface area (TPSA) is 98.1 Å². The second-order valence-corrected chi connectivity index (χ2v) is 7.55. The Morgan fingerprint density at radius 3 is 2.29 bits per heavy atom. The molecule has 3 N–H and O–H groups in total. The second kappa shape index (κ2) is 7.65. The molecule has 1 heterocycles. The largest absolute Gasteiger partial charge is 0.508 e. The summed E-state index contributed by atoms with van der Waals surface area (Å²) in [5, 5.41) is 31.5. The fourth-order valence-corrected chi connectivity index (χ4v) is 3.80. The number of carbonyl (C=O) groups excluding carboxylic acids is 2. The van der Waals surface area contributed by atoms with Gasteiger partial charge in [-0.1, -0.05) is 36.4 Å². The number of phenolic OH excluding ortho intramolecular Hbond substituents is 2. The summed E-state index contributed by atoms with van der Waals surface area (Å²) < 4.78 is 0. The van der Waals surface area contributed by atoms with Crippen LogP contribution < -0.4 is 4.90 Å². The smallest absolute Gasteiger partial charge is 0.300 e. The molecule has 3 aromatic rings. The summed E-state index contributed by atoms with van der Waals surface area (Å²) >= 11 is 0. The third-order valence-corrected chi connectivity index (χ3v) is 5.55. The second-order valence-electron chi connectivity index (χ2n) is 7.55. The molecule has 1 amide bonds. The van der Waals surface area contributed by atoms with Gasteiger partial charge in [-0.05, 0) is 60.9 Å². The van der Waals surface area contributed by atoms with Crippen molar-refractivity contribution in [2.24, 2.45) is 0 Å². The number of carbonyl (C=O) groups is 2. The summed E-state index contributed by atoms with van der Waals surface area (Å²) in [4.78, 5) is 27.3. The minimum atomic E-state index is -1.03. The van der Waals surface area contributed by atoms with E-state index in [1.165, 1.54) is 24.3 Å². The monoisotopic (exact) mass is 415 g/mol. The van der Waals surface area contributed by atoms with Crippen LogP contribution in [0.2, 0.25) is 0 Å². The Hall–Kier alpha value is -4.06. The highest BCUT2D eigenvalue weighted by Crippen LogP contribution is 2.45. The van der Waals surface area contributed by atoms with Gasteiger partial charge in [-0.25, -0.2) is 0 Å². The molecule has 3 aromatic carbocycles. The zero-order valence-electron chi connectivity index (χ0n) is 17.0. The minimum Gasteiger partial charge on any atom is -0.508 e. The molecule has 1 atom stereocenters. The van der Waals surface area contributed by atoms with Crippen molar-refractivity contribution in [3.8, 4) is 11.5 Å². The molecule has 0 spiro atoms. The SMILES string of the molecule is Cc1ccc(/C(O)=C2/C(=O)C(=O)N(c3ccccc3O)C2c2cccc(O)c2)cc1C. The number of benzene rings is 3. The molecule has 1 saturated heterocycles. The van der Waals surface area contributed by atoms with E-state index >= 15 is 0 Å². The van der Waals surface area contributed by atoms with E-state index in [-0.39, 0.29) is 28.5 Å². The Balaban J connectivity index is 1.99. The number of aryl methyl sites for hydroxylation is 2. The maximum Gasteiger partial charge on any atom is 0.300 e. The quantitative estimate of drug-likeness (QED) is 0.336. The number of para-hydroxylation sites is 2. The molecular formula is C25H21NO5. The third-order valence-electron chi connectivity index (χ3n) is 5.55. The Morgan fingerprint density at radius 1 is 0.871 bits per heavy atom. The summed E-state index contributed by atoms with van der Waals surface area (Å²) in [5.74, 6) is -2.28. The van der Waals surface area contributed by atoms with Crippen LogP contribution in [0, 0.1) is 13.8 Å². The van der Waals surface area contributed by atoms with Crippen LogP contribution in [0.25, 0.3) is 5.76 Å². The number of phenols is 2. The fourth-order valence-electron chi connectivity index (χ4n) is 3.80. The number of rotatable bonds is 3. The molecule has 4 rings (SSSR count). The third kappa shape index (κ3) is 3.42. The molecule has 31 heavy (non-hydrogen) atoms. The average molecular weight is 415 g/mol. The number of aromatic hydroxyl groups is 2. The minimum absolute atomic E-state index is 0.0495. The molecule has 0 aliphatic carbocycles. The molecule has 156 valence electrons. The van der Waals surface area contributed by atoms with Crippen molar-refractivity contribution in [2.75, 3.05) is 4.90 Å². The first-order valence-corrected chi connectivity index (χ1v) is 9.75. The zero-order chi connectivity index (χ0) is 22.3. The van der Waals surface area contributed by atoms with Crippen LogP contribution in [0.5, 0.6) is 11.5 Å². The Bertz CT molecular complexity index is 1240. The van der Waals surface area contributed by atoms with Crippen LogP contribution in [-0.4, -0.2) is 27.0 Å². The van der Waals surface area contributed by atoms with Crippen LogP contribution >= 0.6 is 0 Å². The van der Waals surface area contributed by atoms with Gasteiger partial charge in [-0.2, -0.15) is 0 Å². The average Bonchev–Trinajstić information content (AvgIpc) is 3.01. The van der Waals surface area contributed by atoms with Crippen molar-refractivity contribution >= 4 is 23.1 Å². The summed E-state index contributed by atoms with van der Waals surface area (Å²) in [7, 11) is 0. The summed E-state index contributed by atoms with van der Waals surface area (Å²) in [6.07, 6.45) is 0. The molecule has 0 aromatic heterocycles. The molecule has 1 aliphatic heterocycles. The molecule has 0 saturated carbocycles. The lowest BCUT2D eigenvalue weighted by molar-refractivity contribution is -0.132. The van der Waals surface area contributed by atoms with Crippen molar-refractivity contribution in [2.45, 2.75) is 19.9 Å². The van der Waals surface area contributed by atoms with E-state index in [1.807, 2.05) is 19.9 Å². The van der Waals surface area contributed by atoms with E-state index in [2.05, 4.69) is 0 Å². The molecule has 1 aliphatic rings. The Kier molecular flexibility index (Phi) is 4.99. The fraction of sp³-hybridized carbons (Fsp3) is 0.120. The highest BCUT2D eigenvalue weighted by Gasteiger charge is 2.47. The van der Waals surface area contributed by atoms with Gasteiger partial charge in [0.25, 0.3) is 11.7 Å². The normalized spacial score (nSPS) is 17.9.